The van der Waals surface area contributed by atoms with Crippen molar-refractivity contribution in [3.63, 3.8) is 0 Å². The molecule has 0 radical (unpaired) electrons. The number of carbonyl (C=O) groups excluding carboxylic acids is 1. The molecule has 0 aliphatic carbocycles. The fraction of sp³-hybridized carbons (Fsp3) is 0.375. The van der Waals surface area contributed by atoms with E-state index in [-0.39, 0.29) is 5.92 Å². The van der Waals surface area contributed by atoms with E-state index in [1.807, 2.05) is 24.3 Å². The molecule has 0 spiro atoms. The minimum absolute atomic E-state index is 0.231. The zero-order valence-corrected chi connectivity index (χ0v) is 11.4. The van der Waals surface area contributed by atoms with Crippen LogP contribution in [0, 0.1) is 5.92 Å². The molecule has 1 aliphatic rings. The van der Waals surface area contributed by atoms with Gasteiger partial charge in [0.1, 0.15) is 6.29 Å². The third kappa shape index (κ3) is 4.31. The minimum Gasteiger partial charge on any atom is -0.478 e. The van der Waals surface area contributed by atoms with E-state index >= 15 is 0 Å². The van der Waals surface area contributed by atoms with Gasteiger partial charge in [0.05, 0.1) is 0 Å². The molecule has 0 bridgehead atoms. The molecule has 1 aromatic carbocycles. The molecular weight excluding hydrogens is 254 g/mol. The van der Waals surface area contributed by atoms with Gasteiger partial charge in [-0.05, 0) is 43.1 Å². The summed E-state index contributed by atoms with van der Waals surface area (Å²) in [5, 5.41) is 8.57. The van der Waals surface area contributed by atoms with Gasteiger partial charge in [-0.15, -0.1) is 0 Å². The number of aldehydes is 1. The van der Waals surface area contributed by atoms with E-state index in [1.165, 1.54) is 5.56 Å². The number of piperidine rings is 1. The molecule has 1 fully saturated rings. The summed E-state index contributed by atoms with van der Waals surface area (Å²) >= 11 is 0. The second-order valence-corrected chi connectivity index (χ2v) is 5.16. The molecule has 1 heterocycles. The predicted octanol–water partition coefficient (Wildman–Crippen LogP) is 2.20. The van der Waals surface area contributed by atoms with Gasteiger partial charge >= 0.3 is 5.97 Å². The van der Waals surface area contributed by atoms with Gasteiger partial charge in [-0.25, -0.2) is 4.79 Å². The lowest BCUT2D eigenvalue weighted by molar-refractivity contribution is -0.131. The molecule has 1 aromatic rings. The van der Waals surface area contributed by atoms with E-state index in [0.717, 1.165) is 50.4 Å². The van der Waals surface area contributed by atoms with E-state index in [1.54, 1.807) is 6.08 Å². The summed E-state index contributed by atoms with van der Waals surface area (Å²) in [7, 11) is 0. The number of nitrogens with zero attached hydrogens (tertiary/aromatic N) is 1. The van der Waals surface area contributed by atoms with Crippen LogP contribution in [0.3, 0.4) is 0 Å². The molecule has 0 saturated carbocycles. The van der Waals surface area contributed by atoms with Gasteiger partial charge < -0.3 is 9.90 Å². The number of rotatable bonds is 5. The van der Waals surface area contributed by atoms with E-state index in [9.17, 15) is 9.59 Å². The van der Waals surface area contributed by atoms with E-state index in [2.05, 4.69) is 4.90 Å². The quantitative estimate of drug-likeness (QED) is 0.660. The van der Waals surface area contributed by atoms with Gasteiger partial charge in [-0.1, -0.05) is 24.3 Å². The van der Waals surface area contributed by atoms with Crippen LogP contribution in [-0.2, 0) is 16.1 Å². The molecule has 1 saturated heterocycles. The SMILES string of the molecule is O=CC1CCN(Cc2ccc(C=CC(=O)O)cc2)CC1. The average molecular weight is 273 g/mol. The number of carboxylic acid groups (broad SMARTS) is 1. The number of hydrogen-bond donors (Lipinski definition) is 1. The molecule has 106 valence electrons. The third-order valence-electron chi connectivity index (χ3n) is 3.63. The minimum atomic E-state index is -0.938. The Kier molecular flexibility index (Phi) is 5.07. The van der Waals surface area contributed by atoms with Crippen molar-refractivity contribution in [3.8, 4) is 0 Å². The molecule has 4 heteroatoms. The van der Waals surface area contributed by atoms with E-state index in [0.29, 0.717) is 0 Å². The number of carbonyl (C=O) groups is 2. The number of likely N-dealkylation sites (tertiary alicyclic amines) is 1. The summed E-state index contributed by atoms with van der Waals surface area (Å²) < 4.78 is 0. The molecule has 2 rings (SSSR count). The van der Waals surface area contributed by atoms with Crippen LogP contribution in [0.5, 0.6) is 0 Å². The van der Waals surface area contributed by atoms with Crippen molar-refractivity contribution in [2.24, 2.45) is 5.92 Å². The number of aliphatic carboxylic acids is 1. The Labute approximate surface area is 118 Å². The van der Waals surface area contributed by atoms with Gasteiger partial charge in [-0.2, -0.15) is 0 Å². The van der Waals surface area contributed by atoms with Crippen LogP contribution >= 0.6 is 0 Å². The first kappa shape index (κ1) is 14.5. The van der Waals surface area contributed by atoms with Crippen LogP contribution < -0.4 is 0 Å². The lowest BCUT2D eigenvalue weighted by Crippen LogP contribution is -2.33. The van der Waals surface area contributed by atoms with Crippen molar-refractivity contribution in [1.82, 2.24) is 4.90 Å². The molecule has 0 unspecified atom stereocenters. The standard InChI is InChI=1S/C16H19NO3/c18-12-15-7-9-17(10-8-15)11-14-3-1-13(2-4-14)5-6-16(19)20/h1-6,12,15H,7-11H2,(H,19,20). The van der Waals surface area contributed by atoms with Crippen LogP contribution in [-0.4, -0.2) is 35.4 Å². The maximum absolute atomic E-state index is 10.7. The summed E-state index contributed by atoms with van der Waals surface area (Å²) in [5.74, 6) is -0.707. The smallest absolute Gasteiger partial charge is 0.328 e. The first-order valence-electron chi connectivity index (χ1n) is 6.85. The largest absolute Gasteiger partial charge is 0.478 e. The zero-order chi connectivity index (χ0) is 14.4. The second kappa shape index (κ2) is 7.01. The van der Waals surface area contributed by atoms with Gasteiger partial charge in [0.2, 0.25) is 0 Å². The lowest BCUT2D eigenvalue weighted by atomic mass is 9.98. The number of hydrogen-bond acceptors (Lipinski definition) is 3. The predicted molar refractivity (Wildman–Crippen MR) is 77.2 cm³/mol. The number of benzene rings is 1. The van der Waals surface area contributed by atoms with Crippen molar-refractivity contribution >= 4 is 18.3 Å². The lowest BCUT2D eigenvalue weighted by Gasteiger charge is -2.29. The first-order chi connectivity index (χ1) is 9.67. The molecule has 0 aromatic heterocycles. The van der Waals surface area contributed by atoms with Gasteiger partial charge in [0.15, 0.2) is 0 Å². The van der Waals surface area contributed by atoms with Gasteiger partial charge in [0, 0.05) is 18.5 Å². The second-order valence-electron chi connectivity index (χ2n) is 5.16. The highest BCUT2D eigenvalue weighted by Crippen LogP contribution is 2.17. The van der Waals surface area contributed by atoms with Gasteiger partial charge in [-0.3, -0.25) is 4.90 Å². The fourth-order valence-corrected chi connectivity index (χ4v) is 2.41. The van der Waals surface area contributed by atoms with Crippen molar-refractivity contribution in [1.29, 1.82) is 0 Å². The Morgan fingerprint density at radius 1 is 1.25 bits per heavy atom. The average Bonchev–Trinajstić information content (AvgIpc) is 2.47. The molecule has 20 heavy (non-hydrogen) atoms. The van der Waals surface area contributed by atoms with Crippen LogP contribution in [0.4, 0.5) is 0 Å². The number of carboxylic acids is 1. The Hall–Kier alpha value is -1.94. The van der Waals surface area contributed by atoms with Crippen molar-refractivity contribution < 1.29 is 14.7 Å². The fourth-order valence-electron chi connectivity index (χ4n) is 2.41. The van der Waals surface area contributed by atoms with E-state index < -0.39 is 5.97 Å². The highest BCUT2D eigenvalue weighted by molar-refractivity contribution is 5.85. The molecule has 1 N–H and O–H groups in total. The summed E-state index contributed by atoms with van der Waals surface area (Å²) in [5.41, 5.74) is 2.10. The normalized spacial score (nSPS) is 17.4. The Morgan fingerprint density at radius 3 is 2.45 bits per heavy atom. The molecule has 4 nitrogen and oxygen atoms in total. The van der Waals surface area contributed by atoms with E-state index in [4.69, 9.17) is 5.11 Å². The molecule has 0 amide bonds. The van der Waals surface area contributed by atoms with Crippen LogP contribution in [0.15, 0.2) is 30.3 Å². The van der Waals surface area contributed by atoms with Crippen molar-refractivity contribution in [3.05, 3.63) is 41.5 Å². The Balaban J connectivity index is 1.88. The van der Waals surface area contributed by atoms with Crippen LogP contribution in [0.2, 0.25) is 0 Å². The Bertz CT molecular complexity index is 485. The third-order valence-corrected chi connectivity index (χ3v) is 3.63. The topological polar surface area (TPSA) is 57.6 Å². The van der Waals surface area contributed by atoms with Crippen LogP contribution in [0.1, 0.15) is 24.0 Å². The van der Waals surface area contributed by atoms with Gasteiger partial charge in [0.25, 0.3) is 0 Å². The molecular formula is C16H19NO3. The summed E-state index contributed by atoms with van der Waals surface area (Å²) in [6.07, 6.45) is 5.69. The summed E-state index contributed by atoms with van der Waals surface area (Å²) in [6, 6.07) is 7.89. The maximum atomic E-state index is 10.7. The molecule has 0 atom stereocenters. The summed E-state index contributed by atoms with van der Waals surface area (Å²) in [6.45, 7) is 2.81. The Morgan fingerprint density at radius 2 is 1.90 bits per heavy atom. The van der Waals surface area contributed by atoms with Crippen LogP contribution in [0.25, 0.3) is 6.08 Å². The molecule has 1 aliphatic heterocycles. The zero-order valence-electron chi connectivity index (χ0n) is 11.4. The summed E-state index contributed by atoms with van der Waals surface area (Å²) in [4.78, 5) is 23.5. The van der Waals surface area contributed by atoms with Crippen molar-refractivity contribution in [2.45, 2.75) is 19.4 Å². The maximum Gasteiger partial charge on any atom is 0.328 e. The van der Waals surface area contributed by atoms with Crippen molar-refractivity contribution in [2.75, 3.05) is 13.1 Å². The highest BCUT2D eigenvalue weighted by atomic mass is 16.4. The monoisotopic (exact) mass is 273 g/mol. The highest BCUT2D eigenvalue weighted by Gasteiger charge is 2.18. The first-order valence-corrected chi connectivity index (χ1v) is 6.85.